The number of carbonyl (C=O) groups excluding carboxylic acids is 1. The van der Waals surface area contributed by atoms with Gasteiger partial charge in [-0.15, -0.1) is 0 Å². The lowest BCUT2D eigenvalue weighted by Gasteiger charge is -2.07. The van der Waals surface area contributed by atoms with Crippen molar-refractivity contribution < 1.29 is 9.53 Å². The predicted octanol–water partition coefficient (Wildman–Crippen LogP) is 6.89. The van der Waals surface area contributed by atoms with E-state index in [4.69, 9.17) is 4.74 Å². The minimum absolute atomic E-state index is 0.124. The van der Waals surface area contributed by atoms with Crippen molar-refractivity contribution >= 4 is 5.97 Å². The first-order valence-corrected chi connectivity index (χ1v) is 10.5. The molecule has 2 aromatic carbocycles. The number of esters is 1. The topological polar surface area (TPSA) is 26.3 Å². The van der Waals surface area contributed by atoms with Crippen LogP contribution in [-0.2, 0) is 16.0 Å². The van der Waals surface area contributed by atoms with Crippen molar-refractivity contribution in [3.05, 3.63) is 59.7 Å². The van der Waals surface area contributed by atoms with Crippen molar-refractivity contribution in [2.75, 3.05) is 6.61 Å². The van der Waals surface area contributed by atoms with E-state index in [0.29, 0.717) is 13.0 Å². The van der Waals surface area contributed by atoms with E-state index in [1.165, 1.54) is 55.2 Å². The molecule has 0 N–H and O–H groups in total. The molecule has 2 nitrogen and oxygen atoms in total. The first-order valence-electron chi connectivity index (χ1n) is 10.5. The van der Waals surface area contributed by atoms with Gasteiger partial charge in [-0.3, -0.25) is 4.79 Å². The molecule has 0 saturated carbocycles. The number of unbranched alkanes of at least 4 members (excludes halogenated alkanes) is 7. The zero-order valence-electron chi connectivity index (χ0n) is 17.0. The Morgan fingerprint density at radius 3 is 1.85 bits per heavy atom. The van der Waals surface area contributed by atoms with Gasteiger partial charge in [0.2, 0.25) is 0 Å². The number of hydrogen-bond acceptors (Lipinski definition) is 2. The van der Waals surface area contributed by atoms with Crippen molar-refractivity contribution in [1.29, 1.82) is 0 Å². The fraction of sp³-hybridized carbons (Fsp3) is 0.480. The van der Waals surface area contributed by atoms with Crippen LogP contribution in [0.25, 0.3) is 11.1 Å². The summed E-state index contributed by atoms with van der Waals surface area (Å²) in [6.45, 7) is 4.88. The van der Waals surface area contributed by atoms with Crippen molar-refractivity contribution in [2.24, 2.45) is 0 Å². The Bertz CT molecular complexity index is 656. The van der Waals surface area contributed by atoms with Gasteiger partial charge in [0.05, 0.1) is 13.0 Å². The maximum atomic E-state index is 12.0. The summed E-state index contributed by atoms with van der Waals surface area (Å²) in [6.07, 6.45) is 10.4. The molecule has 0 unspecified atom stereocenters. The highest BCUT2D eigenvalue weighted by atomic mass is 16.5. The highest BCUT2D eigenvalue weighted by molar-refractivity contribution is 5.73. The zero-order valence-corrected chi connectivity index (χ0v) is 17.0. The van der Waals surface area contributed by atoms with E-state index in [1.807, 2.05) is 12.1 Å². The lowest BCUT2D eigenvalue weighted by atomic mass is 10.0. The van der Waals surface area contributed by atoms with E-state index in [9.17, 15) is 4.79 Å². The Morgan fingerprint density at radius 2 is 1.26 bits per heavy atom. The zero-order chi connectivity index (χ0) is 19.3. The van der Waals surface area contributed by atoms with Gasteiger partial charge in [-0.1, -0.05) is 106 Å². The Morgan fingerprint density at radius 1 is 0.741 bits per heavy atom. The van der Waals surface area contributed by atoms with Crippen molar-refractivity contribution in [2.45, 2.75) is 71.6 Å². The molecule has 0 spiro atoms. The second-order valence-corrected chi connectivity index (χ2v) is 7.44. The molecule has 0 atom stereocenters. The Balaban J connectivity index is 1.62. The van der Waals surface area contributed by atoms with Gasteiger partial charge in [-0.05, 0) is 30.0 Å². The van der Waals surface area contributed by atoms with Crippen molar-refractivity contribution in [1.82, 2.24) is 0 Å². The molecule has 0 amide bonds. The molecule has 0 saturated heterocycles. The SMILES string of the molecule is CCCCCCCCCCOC(=O)Cc1ccc(-c2ccc(C)cc2)cc1. The summed E-state index contributed by atoms with van der Waals surface area (Å²) < 4.78 is 5.38. The summed E-state index contributed by atoms with van der Waals surface area (Å²) in [5, 5.41) is 0. The summed E-state index contributed by atoms with van der Waals surface area (Å²) >= 11 is 0. The van der Waals surface area contributed by atoms with Gasteiger partial charge < -0.3 is 4.74 Å². The molecule has 2 rings (SSSR count). The van der Waals surface area contributed by atoms with Crippen LogP contribution in [0, 0.1) is 6.92 Å². The number of aryl methyl sites for hydroxylation is 1. The van der Waals surface area contributed by atoms with Crippen molar-refractivity contribution in [3.8, 4) is 11.1 Å². The number of ether oxygens (including phenoxy) is 1. The fourth-order valence-electron chi connectivity index (χ4n) is 3.20. The highest BCUT2D eigenvalue weighted by Gasteiger charge is 2.05. The van der Waals surface area contributed by atoms with Crippen LogP contribution in [0.2, 0.25) is 0 Å². The maximum absolute atomic E-state index is 12.0. The molecule has 0 fully saturated rings. The van der Waals surface area contributed by atoms with Crippen LogP contribution in [0.5, 0.6) is 0 Å². The average Bonchev–Trinajstić information content (AvgIpc) is 2.68. The van der Waals surface area contributed by atoms with Crippen LogP contribution in [0.3, 0.4) is 0 Å². The normalized spacial score (nSPS) is 10.7. The van der Waals surface area contributed by atoms with Crippen LogP contribution in [0.4, 0.5) is 0 Å². The highest BCUT2D eigenvalue weighted by Crippen LogP contribution is 2.20. The van der Waals surface area contributed by atoms with E-state index in [0.717, 1.165) is 18.4 Å². The number of rotatable bonds is 12. The van der Waals surface area contributed by atoms with E-state index < -0.39 is 0 Å². The summed E-state index contributed by atoms with van der Waals surface area (Å²) in [5.74, 6) is -0.124. The number of benzene rings is 2. The second kappa shape index (κ2) is 12.3. The minimum Gasteiger partial charge on any atom is -0.465 e. The fourth-order valence-corrected chi connectivity index (χ4v) is 3.20. The lowest BCUT2D eigenvalue weighted by Crippen LogP contribution is -2.09. The van der Waals surface area contributed by atoms with Gasteiger partial charge in [0.15, 0.2) is 0 Å². The van der Waals surface area contributed by atoms with Crippen LogP contribution in [-0.4, -0.2) is 12.6 Å². The van der Waals surface area contributed by atoms with E-state index in [1.54, 1.807) is 0 Å². The Kier molecular flexibility index (Phi) is 9.68. The molecule has 27 heavy (non-hydrogen) atoms. The first kappa shape index (κ1) is 21.2. The molecule has 2 aromatic rings. The second-order valence-electron chi connectivity index (χ2n) is 7.44. The van der Waals surface area contributed by atoms with E-state index in [2.05, 4.69) is 50.2 Å². The molecule has 0 aliphatic rings. The van der Waals surface area contributed by atoms with Gasteiger partial charge >= 0.3 is 5.97 Å². The van der Waals surface area contributed by atoms with Crippen molar-refractivity contribution in [3.63, 3.8) is 0 Å². The summed E-state index contributed by atoms with van der Waals surface area (Å²) in [4.78, 5) is 12.0. The molecular formula is C25H34O2. The molecular weight excluding hydrogens is 332 g/mol. The monoisotopic (exact) mass is 366 g/mol. The molecule has 0 aromatic heterocycles. The van der Waals surface area contributed by atoms with Gasteiger partial charge in [0, 0.05) is 0 Å². The third-order valence-corrected chi connectivity index (χ3v) is 4.95. The number of carbonyl (C=O) groups is 1. The molecule has 2 heteroatoms. The Labute approximate surface area is 165 Å². The van der Waals surface area contributed by atoms with Crippen LogP contribution in [0.1, 0.15) is 69.4 Å². The average molecular weight is 367 g/mol. The van der Waals surface area contributed by atoms with Crippen LogP contribution >= 0.6 is 0 Å². The largest absolute Gasteiger partial charge is 0.465 e. The van der Waals surface area contributed by atoms with Crippen LogP contribution < -0.4 is 0 Å². The standard InChI is InChI=1S/C25H34O2/c1-3-4-5-6-7-8-9-10-19-27-25(26)20-22-13-17-24(18-14-22)23-15-11-21(2)12-16-23/h11-18H,3-10,19-20H2,1-2H3. The number of hydrogen-bond donors (Lipinski definition) is 0. The minimum atomic E-state index is -0.124. The molecule has 0 heterocycles. The Hall–Kier alpha value is -2.09. The summed E-state index contributed by atoms with van der Waals surface area (Å²) in [7, 11) is 0. The lowest BCUT2D eigenvalue weighted by molar-refractivity contribution is -0.142. The smallest absolute Gasteiger partial charge is 0.310 e. The van der Waals surface area contributed by atoms with Gasteiger partial charge in [0.25, 0.3) is 0 Å². The van der Waals surface area contributed by atoms with Crippen LogP contribution in [0.15, 0.2) is 48.5 Å². The van der Waals surface area contributed by atoms with Gasteiger partial charge in [-0.2, -0.15) is 0 Å². The third-order valence-electron chi connectivity index (χ3n) is 4.95. The summed E-state index contributed by atoms with van der Waals surface area (Å²) in [6, 6.07) is 16.7. The molecule has 0 aliphatic heterocycles. The molecule has 0 bridgehead atoms. The maximum Gasteiger partial charge on any atom is 0.310 e. The molecule has 0 radical (unpaired) electrons. The molecule has 0 aliphatic carbocycles. The summed E-state index contributed by atoms with van der Waals surface area (Å²) in [5.41, 5.74) is 4.64. The molecule has 146 valence electrons. The third kappa shape index (κ3) is 8.43. The van der Waals surface area contributed by atoms with Gasteiger partial charge in [-0.25, -0.2) is 0 Å². The van der Waals surface area contributed by atoms with E-state index in [-0.39, 0.29) is 5.97 Å². The van der Waals surface area contributed by atoms with E-state index >= 15 is 0 Å². The predicted molar refractivity (Wildman–Crippen MR) is 114 cm³/mol. The first-order chi connectivity index (χ1) is 13.2. The van der Waals surface area contributed by atoms with Gasteiger partial charge in [0.1, 0.15) is 0 Å². The quantitative estimate of drug-likeness (QED) is 0.302.